The van der Waals surface area contributed by atoms with Crippen molar-refractivity contribution < 1.29 is 9.59 Å². The van der Waals surface area contributed by atoms with Crippen molar-refractivity contribution in [2.24, 2.45) is 0 Å². The summed E-state index contributed by atoms with van der Waals surface area (Å²) < 4.78 is 0.439. The minimum atomic E-state index is -0.271. The van der Waals surface area contributed by atoms with Gasteiger partial charge in [0.2, 0.25) is 5.91 Å². The highest BCUT2D eigenvalue weighted by atomic mass is 32.2. The van der Waals surface area contributed by atoms with Crippen molar-refractivity contribution in [2.75, 3.05) is 29.9 Å². The SMILES string of the molecule is O=C1CC(c2ccccc2)N(C(=O)Nc2cccc(C3SCCS3)c2)CCN1. The van der Waals surface area contributed by atoms with Crippen LogP contribution in [0.5, 0.6) is 0 Å². The van der Waals surface area contributed by atoms with E-state index in [0.717, 1.165) is 11.3 Å². The summed E-state index contributed by atoms with van der Waals surface area (Å²) in [5.74, 6) is 2.31. The van der Waals surface area contributed by atoms with Crippen LogP contribution >= 0.6 is 23.5 Å². The van der Waals surface area contributed by atoms with Crippen LogP contribution in [0, 0.1) is 0 Å². The van der Waals surface area contributed by atoms with Gasteiger partial charge in [0.1, 0.15) is 0 Å². The normalized spacial score (nSPS) is 20.5. The molecule has 1 atom stereocenters. The fraction of sp³-hybridized carbons (Fsp3) is 0.333. The zero-order valence-corrected chi connectivity index (χ0v) is 17.1. The van der Waals surface area contributed by atoms with Gasteiger partial charge in [0, 0.05) is 30.3 Å². The molecule has 146 valence electrons. The summed E-state index contributed by atoms with van der Waals surface area (Å²) in [6.07, 6.45) is 0.271. The van der Waals surface area contributed by atoms with E-state index in [1.54, 1.807) is 4.90 Å². The molecule has 2 aromatic rings. The van der Waals surface area contributed by atoms with E-state index in [1.165, 1.54) is 17.1 Å². The molecule has 4 rings (SSSR count). The van der Waals surface area contributed by atoms with Crippen molar-refractivity contribution in [3.63, 3.8) is 0 Å². The number of nitrogens with one attached hydrogen (secondary N) is 2. The van der Waals surface area contributed by atoms with Gasteiger partial charge in [-0.15, -0.1) is 23.5 Å². The Balaban J connectivity index is 1.53. The van der Waals surface area contributed by atoms with Crippen LogP contribution in [0.2, 0.25) is 0 Å². The van der Waals surface area contributed by atoms with Crippen molar-refractivity contribution in [3.05, 3.63) is 65.7 Å². The molecule has 2 N–H and O–H groups in total. The topological polar surface area (TPSA) is 61.4 Å². The van der Waals surface area contributed by atoms with Gasteiger partial charge in [0.15, 0.2) is 0 Å². The van der Waals surface area contributed by atoms with Gasteiger partial charge in [0.05, 0.1) is 17.0 Å². The quantitative estimate of drug-likeness (QED) is 0.789. The molecule has 0 saturated carbocycles. The first kappa shape index (κ1) is 19.2. The molecular formula is C21H23N3O2S2. The molecule has 3 amide bonds. The number of nitrogens with zero attached hydrogens (tertiary/aromatic N) is 1. The monoisotopic (exact) mass is 413 g/mol. The fourth-order valence-corrected chi connectivity index (χ4v) is 6.39. The third-order valence-corrected chi connectivity index (χ3v) is 8.01. The molecule has 0 spiro atoms. The highest BCUT2D eigenvalue weighted by Gasteiger charge is 2.30. The molecule has 2 fully saturated rings. The number of carbonyl (C=O) groups is 2. The van der Waals surface area contributed by atoms with Gasteiger partial charge in [0.25, 0.3) is 0 Å². The number of rotatable bonds is 3. The molecule has 1 unspecified atom stereocenters. The highest BCUT2D eigenvalue weighted by Crippen LogP contribution is 2.45. The second-order valence-electron chi connectivity index (χ2n) is 6.80. The van der Waals surface area contributed by atoms with Crippen molar-refractivity contribution in [2.45, 2.75) is 17.0 Å². The Morgan fingerprint density at radius 1 is 1.04 bits per heavy atom. The third-order valence-electron chi connectivity index (χ3n) is 4.91. The lowest BCUT2D eigenvalue weighted by Gasteiger charge is -2.29. The highest BCUT2D eigenvalue weighted by molar-refractivity contribution is 8.19. The third kappa shape index (κ3) is 4.47. The molecule has 7 heteroatoms. The van der Waals surface area contributed by atoms with E-state index in [-0.39, 0.29) is 24.4 Å². The van der Waals surface area contributed by atoms with E-state index in [9.17, 15) is 9.59 Å². The Hall–Kier alpha value is -2.12. The molecule has 2 saturated heterocycles. The Bertz CT molecular complexity index is 841. The number of carbonyl (C=O) groups excluding carboxylic acids is 2. The molecule has 2 aliphatic heterocycles. The van der Waals surface area contributed by atoms with Crippen LogP contribution in [0.1, 0.15) is 28.2 Å². The molecule has 0 aromatic heterocycles. The molecule has 5 nitrogen and oxygen atoms in total. The average molecular weight is 414 g/mol. The van der Waals surface area contributed by atoms with E-state index in [4.69, 9.17) is 0 Å². The van der Waals surface area contributed by atoms with Crippen molar-refractivity contribution in [1.29, 1.82) is 0 Å². The average Bonchev–Trinajstić information content (AvgIpc) is 3.18. The molecule has 28 heavy (non-hydrogen) atoms. The first-order valence-electron chi connectivity index (χ1n) is 9.43. The summed E-state index contributed by atoms with van der Waals surface area (Å²) >= 11 is 3.89. The molecule has 0 aliphatic carbocycles. The van der Waals surface area contributed by atoms with Crippen LogP contribution < -0.4 is 10.6 Å². The summed E-state index contributed by atoms with van der Waals surface area (Å²) in [6, 6.07) is 17.4. The maximum atomic E-state index is 13.1. The summed E-state index contributed by atoms with van der Waals surface area (Å²) in [4.78, 5) is 27.0. The fourth-order valence-electron chi connectivity index (χ4n) is 3.55. The minimum absolute atomic E-state index is 0.0265. The van der Waals surface area contributed by atoms with Gasteiger partial charge in [-0.3, -0.25) is 4.79 Å². The van der Waals surface area contributed by atoms with Crippen LogP contribution in [0.4, 0.5) is 10.5 Å². The first-order chi connectivity index (χ1) is 13.7. The van der Waals surface area contributed by atoms with Gasteiger partial charge >= 0.3 is 6.03 Å². The number of benzene rings is 2. The number of hydrogen-bond acceptors (Lipinski definition) is 4. The standard InChI is InChI=1S/C21H23N3O2S2/c25-19-14-18(15-5-2-1-3-6-15)24(10-9-22-19)21(26)23-17-8-4-7-16(13-17)20-27-11-12-28-20/h1-8,13,18,20H,9-12,14H2,(H,22,25)(H,23,26). The molecule has 2 heterocycles. The van der Waals surface area contributed by atoms with E-state index < -0.39 is 0 Å². The van der Waals surface area contributed by atoms with Gasteiger partial charge in [-0.25, -0.2) is 4.79 Å². The Labute approximate surface area is 173 Å². The van der Waals surface area contributed by atoms with Gasteiger partial charge < -0.3 is 15.5 Å². The number of thioether (sulfide) groups is 2. The Kier molecular flexibility index (Phi) is 6.12. The van der Waals surface area contributed by atoms with Crippen LogP contribution in [-0.2, 0) is 4.79 Å². The summed E-state index contributed by atoms with van der Waals surface area (Å²) in [5, 5.41) is 5.92. The summed E-state index contributed by atoms with van der Waals surface area (Å²) in [7, 11) is 0. The lowest BCUT2D eigenvalue weighted by molar-refractivity contribution is -0.121. The van der Waals surface area contributed by atoms with Crippen LogP contribution in [-0.4, -0.2) is 41.4 Å². The van der Waals surface area contributed by atoms with Crippen LogP contribution in [0.3, 0.4) is 0 Å². The Morgan fingerprint density at radius 3 is 2.57 bits per heavy atom. The maximum absolute atomic E-state index is 13.1. The largest absolute Gasteiger partial charge is 0.354 e. The molecule has 0 radical (unpaired) electrons. The number of amides is 3. The van der Waals surface area contributed by atoms with Crippen LogP contribution in [0.15, 0.2) is 54.6 Å². The smallest absolute Gasteiger partial charge is 0.322 e. The van der Waals surface area contributed by atoms with Crippen LogP contribution in [0.25, 0.3) is 0 Å². The molecule has 2 aliphatic rings. The number of anilines is 1. The summed E-state index contributed by atoms with van der Waals surface area (Å²) in [5.41, 5.74) is 3.01. The first-order valence-corrected chi connectivity index (χ1v) is 11.5. The predicted molar refractivity (Wildman–Crippen MR) is 117 cm³/mol. The number of urea groups is 1. The molecular weight excluding hydrogens is 390 g/mol. The maximum Gasteiger partial charge on any atom is 0.322 e. The lowest BCUT2D eigenvalue weighted by atomic mass is 10.0. The molecule has 2 aromatic carbocycles. The van der Waals surface area contributed by atoms with Gasteiger partial charge in [-0.2, -0.15) is 0 Å². The molecule has 0 bridgehead atoms. The number of hydrogen-bond donors (Lipinski definition) is 2. The second kappa shape index (κ2) is 8.92. The van der Waals surface area contributed by atoms with E-state index in [2.05, 4.69) is 22.8 Å². The van der Waals surface area contributed by atoms with Gasteiger partial charge in [-0.1, -0.05) is 42.5 Å². The van der Waals surface area contributed by atoms with Crippen molar-refractivity contribution in [1.82, 2.24) is 10.2 Å². The van der Waals surface area contributed by atoms with E-state index in [0.29, 0.717) is 17.7 Å². The van der Waals surface area contributed by atoms with Gasteiger partial charge in [-0.05, 0) is 23.3 Å². The minimum Gasteiger partial charge on any atom is -0.354 e. The van der Waals surface area contributed by atoms with E-state index >= 15 is 0 Å². The van der Waals surface area contributed by atoms with Crippen molar-refractivity contribution in [3.8, 4) is 0 Å². The van der Waals surface area contributed by atoms with Crippen molar-refractivity contribution >= 4 is 41.1 Å². The zero-order valence-electron chi connectivity index (χ0n) is 15.5. The van der Waals surface area contributed by atoms with E-state index in [1.807, 2.05) is 66.0 Å². The lowest BCUT2D eigenvalue weighted by Crippen LogP contribution is -2.39. The summed E-state index contributed by atoms with van der Waals surface area (Å²) in [6.45, 7) is 0.941. The second-order valence-corrected chi connectivity index (χ2v) is 9.53. The Morgan fingerprint density at radius 2 is 1.79 bits per heavy atom. The zero-order chi connectivity index (χ0) is 19.3. The predicted octanol–water partition coefficient (Wildman–Crippen LogP) is 4.26.